The lowest BCUT2D eigenvalue weighted by Crippen LogP contribution is -2.00. The smallest absolute Gasteiger partial charge is 0.109 e. The summed E-state index contributed by atoms with van der Waals surface area (Å²) in [5, 5.41) is 7.00. The van der Waals surface area contributed by atoms with Crippen molar-refractivity contribution in [2.75, 3.05) is 7.11 Å². The first-order valence-corrected chi connectivity index (χ1v) is 10.4. The van der Waals surface area contributed by atoms with Gasteiger partial charge in [-0.3, -0.25) is 0 Å². The van der Waals surface area contributed by atoms with E-state index in [0.29, 0.717) is 6.54 Å². The predicted molar refractivity (Wildman–Crippen MR) is 124 cm³/mol. The van der Waals surface area contributed by atoms with Gasteiger partial charge in [0.1, 0.15) is 5.82 Å². The summed E-state index contributed by atoms with van der Waals surface area (Å²) in [7, 11) is 1.00. The number of hydrogen-bond donors (Lipinski definition) is 1. The Hall–Kier alpha value is -2.83. The van der Waals surface area contributed by atoms with Gasteiger partial charge >= 0.3 is 0 Å². The molecule has 0 aliphatic rings. The van der Waals surface area contributed by atoms with Gasteiger partial charge in [-0.1, -0.05) is 82.4 Å². The fourth-order valence-electron chi connectivity index (χ4n) is 2.92. The highest BCUT2D eigenvalue weighted by molar-refractivity contribution is 5.64. The summed E-state index contributed by atoms with van der Waals surface area (Å²) in [5.74, 6) is 7.55. The Labute approximate surface area is 176 Å². The van der Waals surface area contributed by atoms with Crippen LogP contribution in [0.5, 0.6) is 0 Å². The molecule has 0 saturated heterocycles. The monoisotopic (exact) mass is 390 g/mol. The van der Waals surface area contributed by atoms with Crippen LogP contribution in [-0.4, -0.2) is 21.8 Å². The maximum atomic E-state index is 7.00. The molecule has 1 aromatic heterocycles. The number of aliphatic hydroxyl groups excluding tert-OH is 1. The molecule has 0 bridgehead atoms. The molecule has 154 valence electrons. The van der Waals surface area contributed by atoms with Crippen molar-refractivity contribution in [2.24, 2.45) is 0 Å². The Morgan fingerprint density at radius 1 is 0.897 bits per heavy atom. The number of aliphatic hydroxyl groups is 1. The normalized spacial score (nSPS) is 9.31. The van der Waals surface area contributed by atoms with E-state index in [4.69, 9.17) is 5.11 Å². The molecule has 3 aromatic rings. The molecule has 3 nitrogen and oxygen atoms in total. The number of aryl methyl sites for hydroxylation is 2. The summed E-state index contributed by atoms with van der Waals surface area (Å²) >= 11 is 0. The Bertz CT molecular complexity index is 866. The molecule has 3 rings (SSSR count). The first-order chi connectivity index (χ1) is 14.3. The minimum atomic E-state index is 0.684. The quantitative estimate of drug-likeness (QED) is 0.563. The fraction of sp³-hybridized carbons (Fsp3) is 0.346. The van der Waals surface area contributed by atoms with E-state index in [2.05, 4.69) is 83.8 Å². The Balaban J connectivity index is 0.000000989. The summed E-state index contributed by atoms with van der Waals surface area (Å²) in [6.07, 6.45) is 7.08. The molecule has 0 saturated carbocycles. The maximum Gasteiger partial charge on any atom is 0.109 e. The van der Waals surface area contributed by atoms with Crippen LogP contribution < -0.4 is 0 Å². The number of hydrogen-bond acceptors (Lipinski definition) is 2. The van der Waals surface area contributed by atoms with E-state index in [9.17, 15) is 0 Å². The van der Waals surface area contributed by atoms with Gasteiger partial charge in [-0.2, -0.15) is 0 Å². The van der Waals surface area contributed by atoms with Crippen molar-refractivity contribution in [3.05, 3.63) is 77.9 Å². The van der Waals surface area contributed by atoms with E-state index >= 15 is 0 Å². The molecule has 0 amide bonds. The van der Waals surface area contributed by atoms with Crippen LogP contribution in [-0.2, 0) is 19.4 Å². The van der Waals surface area contributed by atoms with Gasteiger partial charge in [0.25, 0.3) is 0 Å². The van der Waals surface area contributed by atoms with Crippen molar-refractivity contribution >= 4 is 0 Å². The van der Waals surface area contributed by atoms with Gasteiger partial charge in [0.05, 0.1) is 6.54 Å². The maximum absolute atomic E-state index is 7.00. The van der Waals surface area contributed by atoms with E-state index in [1.165, 1.54) is 23.1 Å². The third-order valence-electron chi connectivity index (χ3n) is 4.31. The zero-order chi connectivity index (χ0) is 21.5. The molecule has 1 heterocycles. The number of nitrogens with zero attached hydrogens (tertiary/aromatic N) is 2. The van der Waals surface area contributed by atoms with E-state index in [1.54, 1.807) is 0 Å². The number of aromatic nitrogens is 2. The molecule has 1 N–H and O–H groups in total. The molecule has 0 fully saturated rings. The van der Waals surface area contributed by atoms with Crippen LogP contribution in [0.2, 0.25) is 0 Å². The molecular formula is C26H34N2O. The fourth-order valence-corrected chi connectivity index (χ4v) is 2.92. The molecule has 2 aromatic carbocycles. The lowest BCUT2D eigenvalue weighted by Gasteiger charge is -2.04. The number of imidazole rings is 1. The lowest BCUT2D eigenvalue weighted by atomic mass is 10.0. The van der Waals surface area contributed by atoms with Crippen molar-refractivity contribution < 1.29 is 5.11 Å². The van der Waals surface area contributed by atoms with Crippen LogP contribution in [0.15, 0.2) is 60.9 Å². The molecular weight excluding hydrogens is 356 g/mol. The van der Waals surface area contributed by atoms with Crippen molar-refractivity contribution in [3.63, 3.8) is 0 Å². The molecule has 0 aliphatic heterocycles. The second-order valence-electron chi connectivity index (χ2n) is 6.15. The van der Waals surface area contributed by atoms with Crippen molar-refractivity contribution in [2.45, 2.75) is 53.5 Å². The average molecular weight is 391 g/mol. The summed E-state index contributed by atoms with van der Waals surface area (Å²) in [6, 6.07) is 17.3. The van der Waals surface area contributed by atoms with Gasteiger partial charge in [-0.15, -0.1) is 0 Å². The minimum absolute atomic E-state index is 0.684. The third-order valence-corrected chi connectivity index (χ3v) is 4.31. The second kappa shape index (κ2) is 14.2. The summed E-state index contributed by atoms with van der Waals surface area (Å²) in [6.45, 7) is 9.01. The van der Waals surface area contributed by atoms with Crippen LogP contribution >= 0.6 is 0 Å². The van der Waals surface area contributed by atoms with Crippen molar-refractivity contribution in [1.82, 2.24) is 9.55 Å². The lowest BCUT2D eigenvalue weighted by molar-refractivity contribution is 0.399. The van der Waals surface area contributed by atoms with E-state index in [-0.39, 0.29) is 0 Å². The molecule has 0 spiro atoms. The summed E-state index contributed by atoms with van der Waals surface area (Å²) in [4.78, 5) is 4.32. The van der Waals surface area contributed by atoms with Gasteiger partial charge in [0, 0.05) is 31.5 Å². The highest BCUT2D eigenvalue weighted by Gasteiger charge is 1.99. The zero-order valence-electron chi connectivity index (χ0n) is 18.4. The van der Waals surface area contributed by atoms with Crippen LogP contribution in [0.25, 0.3) is 11.1 Å². The average Bonchev–Trinajstić information content (AvgIpc) is 3.25. The van der Waals surface area contributed by atoms with Gasteiger partial charge < -0.3 is 9.67 Å². The second-order valence-corrected chi connectivity index (χ2v) is 6.15. The largest absolute Gasteiger partial charge is 0.400 e. The van der Waals surface area contributed by atoms with Crippen LogP contribution in [0.3, 0.4) is 0 Å². The minimum Gasteiger partial charge on any atom is -0.400 e. The van der Waals surface area contributed by atoms with E-state index in [1.807, 2.05) is 26.2 Å². The SMILES string of the molecule is CC.CCCc1ccc(-c2ccc(C#CCn3ccnc3CC)cc2)cc1.CO. The predicted octanol–water partition coefficient (Wildman–Crippen LogP) is 5.75. The van der Waals surface area contributed by atoms with Crippen molar-refractivity contribution in [1.29, 1.82) is 0 Å². The van der Waals surface area contributed by atoms with E-state index < -0.39 is 0 Å². The first kappa shape index (κ1) is 24.2. The van der Waals surface area contributed by atoms with Gasteiger partial charge in [-0.05, 0) is 35.2 Å². The van der Waals surface area contributed by atoms with Crippen molar-refractivity contribution in [3.8, 4) is 23.0 Å². The topological polar surface area (TPSA) is 38.0 Å². The molecule has 0 aliphatic carbocycles. The summed E-state index contributed by atoms with van der Waals surface area (Å²) < 4.78 is 2.10. The van der Waals surface area contributed by atoms with E-state index in [0.717, 1.165) is 31.3 Å². The standard InChI is InChI=1S/C23H24N2.C2H6.CH4O/c1-3-6-19-8-12-21(13-9-19)22-14-10-20(11-15-22)7-5-17-25-18-16-24-23(25)4-2;2*1-2/h8-16,18H,3-4,6,17H2,1-2H3;1-2H3;2H,1H3. The van der Waals surface area contributed by atoms with Gasteiger partial charge in [-0.25, -0.2) is 4.98 Å². The number of benzene rings is 2. The molecule has 0 atom stereocenters. The highest BCUT2D eigenvalue weighted by atomic mass is 16.2. The van der Waals surface area contributed by atoms with Gasteiger partial charge in [0.15, 0.2) is 0 Å². The Kier molecular flexibility index (Phi) is 11.9. The zero-order valence-corrected chi connectivity index (χ0v) is 18.4. The molecule has 3 heteroatoms. The van der Waals surface area contributed by atoms with Crippen LogP contribution in [0.1, 0.15) is 51.1 Å². The van der Waals surface area contributed by atoms with Gasteiger partial charge in [0.2, 0.25) is 0 Å². The molecule has 0 radical (unpaired) electrons. The molecule has 0 unspecified atom stereocenters. The third kappa shape index (κ3) is 7.60. The van der Waals surface area contributed by atoms with Crippen LogP contribution in [0, 0.1) is 11.8 Å². The highest BCUT2D eigenvalue weighted by Crippen LogP contribution is 2.20. The Morgan fingerprint density at radius 2 is 1.48 bits per heavy atom. The number of rotatable bonds is 5. The molecule has 29 heavy (non-hydrogen) atoms. The first-order valence-electron chi connectivity index (χ1n) is 10.4. The Morgan fingerprint density at radius 3 is 2.03 bits per heavy atom. The van der Waals surface area contributed by atoms with Crippen LogP contribution in [0.4, 0.5) is 0 Å². The summed E-state index contributed by atoms with van der Waals surface area (Å²) in [5.41, 5.74) is 4.94.